The van der Waals surface area contributed by atoms with Gasteiger partial charge in [0.15, 0.2) is 5.43 Å². The highest BCUT2D eigenvalue weighted by atomic mass is 16.5. The van der Waals surface area contributed by atoms with Gasteiger partial charge in [-0.15, -0.1) is 0 Å². The fourth-order valence-electron chi connectivity index (χ4n) is 2.29. The van der Waals surface area contributed by atoms with Gasteiger partial charge in [-0.3, -0.25) is 14.4 Å². The molecule has 132 valence electrons. The average Bonchev–Trinajstić information content (AvgIpc) is 2.57. The van der Waals surface area contributed by atoms with Gasteiger partial charge in [0.05, 0.1) is 12.7 Å². The Balaban J connectivity index is 2.36. The van der Waals surface area contributed by atoms with Crippen molar-refractivity contribution in [3.8, 4) is 5.75 Å². The third-order valence-electron chi connectivity index (χ3n) is 3.82. The van der Waals surface area contributed by atoms with Crippen LogP contribution in [-0.4, -0.2) is 42.5 Å². The van der Waals surface area contributed by atoms with E-state index in [-0.39, 0.29) is 16.9 Å². The van der Waals surface area contributed by atoms with Crippen LogP contribution in [0.5, 0.6) is 5.75 Å². The Kier molecular flexibility index (Phi) is 5.26. The van der Waals surface area contributed by atoms with Gasteiger partial charge < -0.3 is 19.5 Å². The number of amides is 2. The lowest BCUT2D eigenvalue weighted by molar-refractivity contribution is 0.0824. The number of nitrogens with zero attached hydrogens (tertiary/aromatic N) is 2. The summed E-state index contributed by atoms with van der Waals surface area (Å²) in [7, 11) is 6.48. The number of ether oxygens (including phenoxy) is 1. The highest BCUT2D eigenvalue weighted by molar-refractivity contribution is 6.05. The van der Waals surface area contributed by atoms with E-state index in [1.54, 1.807) is 44.8 Å². The predicted molar refractivity (Wildman–Crippen MR) is 95.4 cm³/mol. The fraction of sp³-hybridized carbons (Fsp3) is 0.278. The number of carbonyl (C=O) groups is 2. The Hall–Kier alpha value is -3.09. The molecule has 7 nitrogen and oxygen atoms in total. The van der Waals surface area contributed by atoms with E-state index in [9.17, 15) is 14.4 Å². The summed E-state index contributed by atoms with van der Waals surface area (Å²) < 4.78 is 6.90. The van der Waals surface area contributed by atoms with Gasteiger partial charge in [-0.05, 0) is 25.1 Å². The molecule has 1 heterocycles. The molecule has 0 aliphatic rings. The van der Waals surface area contributed by atoms with E-state index in [0.717, 1.165) is 5.69 Å². The smallest absolute Gasteiger partial charge is 0.261 e. The van der Waals surface area contributed by atoms with Gasteiger partial charge in [0.25, 0.3) is 11.8 Å². The van der Waals surface area contributed by atoms with Gasteiger partial charge in [-0.25, -0.2) is 0 Å². The second-order valence-electron chi connectivity index (χ2n) is 5.87. The molecular formula is C18H21N3O4. The third-order valence-corrected chi connectivity index (χ3v) is 3.82. The van der Waals surface area contributed by atoms with E-state index >= 15 is 0 Å². The van der Waals surface area contributed by atoms with Crippen LogP contribution in [0.25, 0.3) is 0 Å². The minimum absolute atomic E-state index is 0.0319. The van der Waals surface area contributed by atoms with Gasteiger partial charge in [-0.2, -0.15) is 0 Å². The third kappa shape index (κ3) is 3.88. The minimum Gasteiger partial charge on any atom is -0.496 e. The van der Waals surface area contributed by atoms with E-state index in [4.69, 9.17) is 4.74 Å². The zero-order chi connectivity index (χ0) is 18.7. The first-order valence-electron chi connectivity index (χ1n) is 7.63. The van der Waals surface area contributed by atoms with Crippen LogP contribution in [0.3, 0.4) is 0 Å². The van der Waals surface area contributed by atoms with Crippen molar-refractivity contribution in [2.24, 2.45) is 7.05 Å². The standard InChI is InChI=1S/C18H21N3O4/c1-11-8-15(22)14(10-21(11)4)17(23)19-12-6-7-16(25-5)13(9-12)18(24)20(2)3/h6-10H,1-5H3,(H,19,23). The summed E-state index contributed by atoms with van der Waals surface area (Å²) in [6, 6.07) is 6.14. The number of aromatic nitrogens is 1. The molecule has 0 spiro atoms. The zero-order valence-electron chi connectivity index (χ0n) is 14.9. The van der Waals surface area contributed by atoms with Crippen LogP contribution in [0.2, 0.25) is 0 Å². The summed E-state index contributed by atoms with van der Waals surface area (Å²) in [6.45, 7) is 1.78. The maximum Gasteiger partial charge on any atom is 0.261 e. The molecule has 1 aromatic heterocycles. The fourth-order valence-corrected chi connectivity index (χ4v) is 2.29. The number of anilines is 1. The van der Waals surface area contributed by atoms with Crippen LogP contribution in [0, 0.1) is 6.92 Å². The first-order valence-corrected chi connectivity index (χ1v) is 7.63. The summed E-state index contributed by atoms with van der Waals surface area (Å²) >= 11 is 0. The number of pyridine rings is 1. The average molecular weight is 343 g/mol. The maximum absolute atomic E-state index is 12.4. The number of hydrogen-bond acceptors (Lipinski definition) is 4. The summed E-state index contributed by atoms with van der Waals surface area (Å²) in [4.78, 5) is 38.1. The molecule has 0 unspecified atom stereocenters. The largest absolute Gasteiger partial charge is 0.496 e. The summed E-state index contributed by atoms with van der Waals surface area (Å²) in [5.74, 6) is -0.379. The predicted octanol–water partition coefficient (Wildman–Crippen LogP) is 1.66. The normalized spacial score (nSPS) is 10.3. The topological polar surface area (TPSA) is 80.6 Å². The zero-order valence-corrected chi connectivity index (χ0v) is 14.9. The number of rotatable bonds is 4. The molecule has 2 amide bonds. The van der Waals surface area contributed by atoms with Crippen molar-refractivity contribution in [1.29, 1.82) is 0 Å². The van der Waals surface area contributed by atoms with E-state index < -0.39 is 5.91 Å². The first kappa shape index (κ1) is 18.3. The molecule has 0 atom stereocenters. The Morgan fingerprint density at radius 3 is 2.44 bits per heavy atom. The van der Waals surface area contributed by atoms with Crippen molar-refractivity contribution >= 4 is 17.5 Å². The van der Waals surface area contributed by atoms with Gasteiger partial charge >= 0.3 is 0 Å². The second kappa shape index (κ2) is 7.21. The Bertz CT molecular complexity index is 884. The number of carbonyl (C=O) groups excluding carboxylic acids is 2. The summed E-state index contributed by atoms with van der Waals surface area (Å²) in [6.07, 6.45) is 1.49. The van der Waals surface area contributed by atoms with Crippen LogP contribution >= 0.6 is 0 Å². The van der Waals surface area contributed by atoms with Crippen molar-refractivity contribution in [2.45, 2.75) is 6.92 Å². The van der Waals surface area contributed by atoms with Gasteiger partial charge in [0.1, 0.15) is 11.3 Å². The Morgan fingerprint density at radius 1 is 1.16 bits per heavy atom. The van der Waals surface area contributed by atoms with E-state index in [0.29, 0.717) is 17.0 Å². The molecule has 1 N–H and O–H groups in total. The van der Waals surface area contributed by atoms with Crippen LogP contribution in [0.4, 0.5) is 5.69 Å². The molecule has 0 saturated carbocycles. The van der Waals surface area contributed by atoms with Crippen molar-refractivity contribution in [3.05, 3.63) is 57.5 Å². The molecule has 0 aliphatic heterocycles. The lowest BCUT2D eigenvalue weighted by Crippen LogP contribution is -2.24. The molecule has 2 aromatic rings. The Morgan fingerprint density at radius 2 is 1.84 bits per heavy atom. The molecule has 0 fully saturated rings. The van der Waals surface area contributed by atoms with E-state index in [1.807, 2.05) is 0 Å². The molecule has 0 radical (unpaired) electrons. The molecule has 0 bridgehead atoms. The first-order chi connectivity index (χ1) is 11.7. The number of nitrogens with one attached hydrogen (secondary N) is 1. The van der Waals surface area contributed by atoms with Crippen LogP contribution < -0.4 is 15.5 Å². The van der Waals surface area contributed by atoms with Crippen LogP contribution in [-0.2, 0) is 7.05 Å². The number of methoxy groups -OCH3 is 1. The highest BCUT2D eigenvalue weighted by Crippen LogP contribution is 2.24. The van der Waals surface area contributed by atoms with Crippen LogP contribution in [0.15, 0.2) is 35.3 Å². The highest BCUT2D eigenvalue weighted by Gasteiger charge is 2.17. The molecule has 25 heavy (non-hydrogen) atoms. The summed E-state index contributed by atoms with van der Waals surface area (Å²) in [5.41, 5.74) is 1.15. The van der Waals surface area contributed by atoms with Crippen molar-refractivity contribution in [3.63, 3.8) is 0 Å². The summed E-state index contributed by atoms with van der Waals surface area (Å²) in [5, 5.41) is 2.65. The SMILES string of the molecule is COc1ccc(NC(=O)c2cn(C)c(C)cc2=O)cc1C(=O)N(C)C. The van der Waals surface area contributed by atoms with Gasteiger partial charge in [0, 0.05) is 44.8 Å². The minimum atomic E-state index is -0.533. The Labute approximate surface area is 145 Å². The maximum atomic E-state index is 12.4. The van der Waals surface area contributed by atoms with E-state index in [2.05, 4.69) is 5.32 Å². The lowest BCUT2D eigenvalue weighted by atomic mass is 10.1. The number of benzene rings is 1. The molecule has 0 aliphatic carbocycles. The lowest BCUT2D eigenvalue weighted by Gasteiger charge is -2.15. The van der Waals surface area contributed by atoms with Crippen molar-refractivity contribution in [2.75, 3.05) is 26.5 Å². The van der Waals surface area contributed by atoms with Crippen molar-refractivity contribution < 1.29 is 14.3 Å². The molecule has 1 aromatic carbocycles. The second-order valence-corrected chi connectivity index (χ2v) is 5.87. The van der Waals surface area contributed by atoms with Crippen LogP contribution in [0.1, 0.15) is 26.4 Å². The van der Waals surface area contributed by atoms with E-state index in [1.165, 1.54) is 30.3 Å². The quantitative estimate of drug-likeness (QED) is 0.915. The van der Waals surface area contributed by atoms with Gasteiger partial charge in [-0.1, -0.05) is 0 Å². The molecule has 2 rings (SSSR count). The van der Waals surface area contributed by atoms with Crippen molar-refractivity contribution in [1.82, 2.24) is 9.47 Å². The number of aryl methyl sites for hydroxylation is 2. The van der Waals surface area contributed by atoms with Gasteiger partial charge in [0.2, 0.25) is 0 Å². The molecular weight excluding hydrogens is 322 g/mol. The molecule has 7 heteroatoms. The molecule has 0 saturated heterocycles. The number of hydrogen-bond donors (Lipinski definition) is 1. The monoisotopic (exact) mass is 343 g/mol.